The van der Waals surface area contributed by atoms with E-state index < -0.39 is 16.7 Å². The smallest absolute Gasteiger partial charge is 0.267 e. The zero-order valence-corrected chi connectivity index (χ0v) is 12.9. The number of anilines is 1. The van der Waals surface area contributed by atoms with Crippen LogP contribution in [0.1, 0.15) is 5.56 Å². The number of carbonyl (C=O) groups is 2. The quantitative estimate of drug-likeness (QED) is 0.401. The standard InChI is InChI=1S/C16H10ClN3O4/c17-11-4-6-12(7-5-11)19-16(22)14(15(21)18-19)9-10-2-1-3-13(8-10)20(23)24/h1-9H,(H,18,21)/b14-9+. The number of amides is 2. The van der Waals surface area contributed by atoms with Gasteiger partial charge in [-0.25, -0.2) is 5.01 Å². The average Bonchev–Trinajstić information content (AvgIpc) is 2.84. The molecule has 1 aliphatic rings. The van der Waals surface area contributed by atoms with Gasteiger partial charge < -0.3 is 0 Å². The highest BCUT2D eigenvalue weighted by atomic mass is 35.5. The molecule has 7 nitrogen and oxygen atoms in total. The Kier molecular flexibility index (Phi) is 4.01. The SMILES string of the molecule is O=C1NN(c2ccc(Cl)cc2)C(=O)/C1=C/c1cccc([N+](=O)[O-])c1. The Labute approximate surface area is 141 Å². The predicted molar refractivity (Wildman–Crippen MR) is 88.2 cm³/mol. The molecule has 1 saturated heterocycles. The van der Waals surface area contributed by atoms with Gasteiger partial charge in [0.25, 0.3) is 17.5 Å². The van der Waals surface area contributed by atoms with Crippen LogP contribution in [0.4, 0.5) is 11.4 Å². The first kappa shape index (κ1) is 15.7. The molecule has 24 heavy (non-hydrogen) atoms. The van der Waals surface area contributed by atoms with Gasteiger partial charge in [-0.2, -0.15) is 0 Å². The van der Waals surface area contributed by atoms with Gasteiger partial charge in [0.05, 0.1) is 10.6 Å². The van der Waals surface area contributed by atoms with Gasteiger partial charge in [0.2, 0.25) is 0 Å². The normalized spacial score (nSPS) is 15.7. The molecule has 0 atom stereocenters. The summed E-state index contributed by atoms with van der Waals surface area (Å²) in [7, 11) is 0. The molecular formula is C16H10ClN3O4. The maximum atomic E-state index is 12.4. The molecule has 0 aromatic heterocycles. The van der Waals surface area contributed by atoms with Crippen molar-refractivity contribution in [2.24, 2.45) is 0 Å². The Morgan fingerprint density at radius 3 is 2.50 bits per heavy atom. The number of hydrazine groups is 1. The van der Waals surface area contributed by atoms with Crippen LogP contribution in [0, 0.1) is 10.1 Å². The second-order valence-electron chi connectivity index (χ2n) is 4.97. The van der Waals surface area contributed by atoms with Gasteiger partial charge in [-0.15, -0.1) is 0 Å². The summed E-state index contributed by atoms with van der Waals surface area (Å²) >= 11 is 5.80. The van der Waals surface area contributed by atoms with E-state index in [4.69, 9.17) is 11.6 Å². The Morgan fingerprint density at radius 1 is 1.12 bits per heavy atom. The number of carbonyl (C=O) groups excluding carboxylic acids is 2. The zero-order valence-electron chi connectivity index (χ0n) is 12.1. The number of nitrogens with one attached hydrogen (secondary N) is 1. The molecule has 1 fully saturated rings. The van der Waals surface area contributed by atoms with Crippen molar-refractivity contribution in [3.8, 4) is 0 Å². The van der Waals surface area contributed by atoms with E-state index in [-0.39, 0.29) is 11.3 Å². The number of non-ortho nitro benzene ring substituents is 1. The number of nitrogens with zero attached hydrogens (tertiary/aromatic N) is 2. The predicted octanol–water partition coefficient (Wildman–Crippen LogP) is 2.71. The first-order valence-electron chi connectivity index (χ1n) is 6.83. The van der Waals surface area contributed by atoms with E-state index >= 15 is 0 Å². The molecular weight excluding hydrogens is 334 g/mol. The number of hydrogen-bond donors (Lipinski definition) is 1. The molecule has 1 aliphatic heterocycles. The Morgan fingerprint density at radius 2 is 1.83 bits per heavy atom. The molecule has 2 aromatic rings. The lowest BCUT2D eigenvalue weighted by atomic mass is 10.1. The van der Waals surface area contributed by atoms with E-state index in [2.05, 4.69) is 5.43 Å². The van der Waals surface area contributed by atoms with Crippen molar-refractivity contribution < 1.29 is 14.5 Å². The van der Waals surface area contributed by atoms with E-state index in [0.29, 0.717) is 16.3 Å². The number of nitro groups is 1. The second kappa shape index (κ2) is 6.13. The van der Waals surface area contributed by atoms with Crippen molar-refractivity contribution in [2.75, 3.05) is 5.01 Å². The molecule has 0 spiro atoms. The molecule has 0 saturated carbocycles. The molecule has 0 unspecified atom stereocenters. The van der Waals surface area contributed by atoms with Crippen LogP contribution in [0.2, 0.25) is 5.02 Å². The first-order chi connectivity index (χ1) is 11.5. The molecule has 120 valence electrons. The van der Waals surface area contributed by atoms with Gasteiger partial charge in [-0.05, 0) is 35.9 Å². The van der Waals surface area contributed by atoms with Gasteiger partial charge in [0.15, 0.2) is 0 Å². The van der Waals surface area contributed by atoms with Crippen LogP contribution in [0.5, 0.6) is 0 Å². The topological polar surface area (TPSA) is 92.6 Å². The number of hydrogen-bond acceptors (Lipinski definition) is 4. The number of benzene rings is 2. The maximum Gasteiger partial charge on any atom is 0.282 e. The Hall–Kier alpha value is -3.19. The van der Waals surface area contributed by atoms with Gasteiger partial charge in [0.1, 0.15) is 5.57 Å². The molecule has 2 amide bonds. The minimum Gasteiger partial charge on any atom is -0.267 e. The first-order valence-corrected chi connectivity index (χ1v) is 7.20. The van der Waals surface area contributed by atoms with Crippen molar-refractivity contribution in [1.82, 2.24) is 5.43 Å². The third-order valence-corrected chi connectivity index (χ3v) is 3.62. The highest BCUT2D eigenvalue weighted by Crippen LogP contribution is 2.24. The highest BCUT2D eigenvalue weighted by molar-refractivity contribution is 6.32. The van der Waals surface area contributed by atoms with Crippen LogP contribution in [-0.4, -0.2) is 16.7 Å². The molecule has 0 radical (unpaired) electrons. The summed E-state index contributed by atoms with van der Waals surface area (Å²) in [6.07, 6.45) is 1.32. The Balaban J connectivity index is 1.93. The minimum absolute atomic E-state index is 0.106. The van der Waals surface area contributed by atoms with E-state index in [1.807, 2.05) is 0 Å². The summed E-state index contributed by atoms with van der Waals surface area (Å²) in [5.74, 6) is -1.13. The van der Waals surface area contributed by atoms with Crippen LogP contribution in [0.25, 0.3) is 6.08 Å². The molecule has 8 heteroatoms. The fourth-order valence-corrected chi connectivity index (χ4v) is 2.35. The third-order valence-electron chi connectivity index (χ3n) is 3.37. The van der Waals surface area contributed by atoms with Crippen molar-refractivity contribution >= 4 is 40.9 Å². The lowest BCUT2D eigenvalue weighted by Gasteiger charge is -2.14. The fraction of sp³-hybridized carbons (Fsp3) is 0. The second-order valence-corrected chi connectivity index (χ2v) is 5.40. The van der Waals surface area contributed by atoms with Crippen LogP contribution in [0.3, 0.4) is 0 Å². The van der Waals surface area contributed by atoms with Gasteiger partial charge in [-0.1, -0.05) is 23.7 Å². The van der Waals surface area contributed by atoms with Crippen molar-refractivity contribution in [2.45, 2.75) is 0 Å². The van der Waals surface area contributed by atoms with Gasteiger partial charge >= 0.3 is 0 Å². The number of halogens is 1. The van der Waals surface area contributed by atoms with Crippen LogP contribution in [-0.2, 0) is 9.59 Å². The average molecular weight is 344 g/mol. The summed E-state index contributed by atoms with van der Waals surface area (Å²) in [4.78, 5) is 34.7. The van der Waals surface area contributed by atoms with Gasteiger partial charge in [0, 0.05) is 17.2 Å². The molecule has 1 heterocycles. The number of nitro benzene ring substituents is 1. The monoisotopic (exact) mass is 343 g/mol. The summed E-state index contributed by atoms with van der Waals surface area (Å²) in [5, 5.41) is 12.4. The van der Waals surface area contributed by atoms with Crippen molar-refractivity contribution in [3.63, 3.8) is 0 Å². The molecule has 3 rings (SSSR count). The van der Waals surface area contributed by atoms with Crippen molar-refractivity contribution in [1.29, 1.82) is 0 Å². The van der Waals surface area contributed by atoms with Crippen LogP contribution in [0.15, 0.2) is 54.1 Å². The minimum atomic E-state index is -0.582. The summed E-state index contributed by atoms with van der Waals surface area (Å²) < 4.78 is 0. The number of rotatable bonds is 3. The molecule has 0 aliphatic carbocycles. The van der Waals surface area contributed by atoms with Gasteiger partial charge in [-0.3, -0.25) is 25.1 Å². The van der Waals surface area contributed by atoms with Crippen LogP contribution < -0.4 is 10.4 Å². The Bertz CT molecular complexity index is 877. The summed E-state index contributed by atoms with van der Waals surface area (Å²) in [6.45, 7) is 0. The zero-order chi connectivity index (χ0) is 17.3. The maximum absolute atomic E-state index is 12.4. The van der Waals surface area contributed by atoms with E-state index in [1.165, 1.54) is 24.3 Å². The highest BCUT2D eigenvalue weighted by Gasteiger charge is 2.34. The van der Waals surface area contributed by atoms with E-state index in [9.17, 15) is 19.7 Å². The summed E-state index contributed by atoms with van der Waals surface area (Å²) in [5.41, 5.74) is 3.07. The lowest BCUT2D eigenvalue weighted by Crippen LogP contribution is -2.35. The fourth-order valence-electron chi connectivity index (χ4n) is 2.22. The summed E-state index contributed by atoms with van der Waals surface area (Å²) in [6, 6.07) is 12.1. The van der Waals surface area contributed by atoms with Crippen LogP contribution >= 0.6 is 11.6 Å². The molecule has 0 bridgehead atoms. The van der Waals surface area contributed by atoms with Crippen molar-refractivity contribution in [3.05, 3.63) is 74.8 Å². The lowest BCUT2D eigenvalue weighted by molar-refractivity contribution is -0.384. The third kappa shape index (κ3) is 2.97. The molecule has 2 aromatic carbocycles. The van der Waals surface area contributed by atoms with E-state index in [1.54, 1.807) is 30.3 Å². The largest absolute Gasteiger partial charge is 0.282 e. The van der Waals surface area contributed by atoms with E-state index in [0.717, 1.165) is 5.01 Å². The molecule has 1 N–H and O–H groups in total.